The van der Waals surface area contributed by atoms with Gasteiger partial charge in [-0.1, -0.05) is 13.0 Å². The highest BCUT2D eigenvalue weighted by Gasteiger charge is 2.14. The van der Waals surface area contributed by atoms with Crippen molar-refractivity contribution in [2.24, 2.45) is 0 Å². The van der Waals surface area contributed by atoms with Crippen molar-refractivity contribution in [3.05, 3.63) is 34.2 Å². The molecule has 78 valence electrons. The number of carboxylic acid groups (broad SMARTS) is 1. The minimum atomic E-state index is -0.957. The average Bonchev–Trinajstić information content (AvgIpc) is 2.55. The van der Waals surface area contributed by atoms with E-state index in [9.17, 15) is 4.79 Å². The Labute approximate surface area is 94.7 Å². The molecule has 2 aromatic rings. The lowest BCUT2D eigenvalue weighted by molar-refractivity contribution is 0.0688. The SMILES string of the molecule is CCc1nc2cccc(C(=O)O)n2c1Br. The number of rotatable bonds is 2. The van der Waals surface area contributed by atoms with Gasteiger partial charge in [0, 0.05) is 0 Å². The molecule has 0 aliphatic rings. The molecule has 0 radical (unpaired) electrons. The molecule has 2 aromatic heterocycles. The maximum atomic E-state index is 11.0. The summed E-state index contributed by atoms with van der Waals surface area (Å²) in [5.41, 5.74) is 1.73. The monoisotopic (exact) mass is 268 g/mol. The van der Waals surface area contributed by atoms with Crippen LogP contribution in [0.5, 0.6) is 0 Å². The molecule has 0 bridgehead atoms. The van der Waals surface area contributed by atoms with Crippen molar-refractivity contribution in [3.8, 4) is 0 Å². The normalized spacial score (nSPS) is 10.8. The zero-order valence-corrected chi connectivity index (χ0v) is 9.65. The predicted octanol–water partition coefficient (Wildman–Crippen LogP) is 2.36. The van der Waals surface area contributed by atoms with Gasteiger partial charge >= 0.3 is 5.97 Å². The van der Waals surface area contributed by atoms with Gasteiger partial charge in [0.1, 0.15) is 15.9 Å². The first-order valence-electron chi connectivity index (χ1n) is 4.54. The lowest BCUT2D eigenvalue weighted by atomic mass is 10.3. The molecular weight excluding hydrogens is 260 g/mol. The Balaban J connectivity index is 2.84. The Morgan fingerprint density at radius 1 is 1.60 bits per heavy atom. The van der Waals surface area contributed by atoms with E-state index in [-0.39, 0.29) is 5.69 Å². The third-order valence-electron chi connectivity index (χ3n) is 2.21. The molecule has 0 saturated carbocycles. The van der Waals surface area contributed by atoms with Crippen molar-refractivity contribution in [1.29, 1.82) is 0 Å². The molecule has 0 fully saturated rings. The standard InChI is InChI=1S/C10H9BrN2O2/c1-2-6-9(11)13-7(10(14)15)4-3-5-8(13)12-6/h3-5H,2H2,1H3,(H,14,15). The molecule has 0 saturated heterocycles. The van der Waals surface area contributed by atoms with Crippen LogP contribution in [0.15, 0.2) is 22.8 Å². The molecular formula is C10H9BrN2O2. The molecule has 2 rings (SSSR count). The lowest BCUT2D eigenvalue weighted by Gasteiger charge is -2.00. The van der Waals surface area contributed by atoms with E-state index < -0.39 is 5.97 Å². The van der Waals surface area contributed by atoms with E-state index in [1.54, 1.807) is 22.6 Å². The molecule has 0 aliphatic carbocycles. The summed E-state index contributed by atoms with van der Waals surface area (Å²) >= 11 is 3.37. The summed E-state index contributed by atoms with van der Waals surface area (Å²) in [5, 5.41) is 9.02. The van der Waals surface area contributed by atoms with Crippen molar-refractivity contribution >= 4 is 27.5 Å². The molecule has 0 aliphatic heterocycles. The number of aromatic carboxylic acids is 1. The van der Waals surface area contributed by atoms with Gasteiger partial charge in [0.2, 0.25) is 0 Å². The van der Waals surface area contributed by atoms with Crippen LogP contribution in [0, 0.1) is 0 Å². The fourth-order valence-electron chi connectivity index (χ4n) is 1.50. The molecule has 15 heavy (non-hydrogen) atoms. The van der Waals surface area contributed by atoms with Crippen LogP contribution in [0.3, 0.4) is 0 Å². The zero-order chi connectivity index (χ0) is 11.0. The largest absolute Gasteiger partial charge is 0.477 e. The van der Waals surface area contributed by atoms with Crippen LogP contribution in [0.1, 0.15) is 23.1 Å². The Hall–Kier alpha value is -1.36. The van der Waals surface area contributed by atoms with E-state index in [0.717, 1.165) is 16.7 Å². The average molecular weight is 269 g/mol. The number of hydrogen-bond acceptors (Lipinski definition) is 2. The summed E-state index contributed by atoms with van der Waals surface area (Å²) in [4.78, 5) is 15.3. The number of aromatic nitrogens is 2. The second kappa shape index (κ2) is 3.66. The first-order valence-corrected chi connectivity index (χ1v) is 5.33. The summed E-state index contributed by atoms with van der Waals surface area (Å²) in [6.07, 6.45) is 0.765. The van der Waals surface area contributed by atoms with Crippen LogP contribution in [0.4, 0.5) is 0 Å². The number of hydrogen-bond donors (Lipinski definition) is 1. The van der Waals surface area contributed by atoms with E-state index in [1.165, 1.54) is 0 Å². The lowest BCUT2D eigenvalue weighted by Crippen LogP contribution is -2.04. The topological polar surface area (TPSA) is 54.6 Å². The predicted molar refractivity (Wildman–Crippen MR) is 59.2 cm³/mol. The smallest absolute Gasteiger partial charge is 0.352 e. The first-order chi connectivity index (χ1) is 7.15. The van der Waals surface area contributed by atoms with E-state index in [2.05, 4.69) is 20.9 Å². The molecule has 0 atom stereocenters. The number of pyridine rings is 1. The van der Waals surface area contributed by atoms with E-state index in [1.807, 2.05) is 6.92 Å². The third kappa shape index (κ3) is 1.52. The zero-order valence-electron chi connectivity index (χ0n) is 8.07. The number of imidazole rings is 1. The summed E-state index contributed by atoms with van der Waals surface area (Å²) in [7, 11) is 0. The number of nitrogens with zero attached hydrogens (tertiary/aromatic N) is 2. The third-order valence-corrected chi connectivity index (χ3v) is 3.02. The van der Waals surface area contributed by atoms with Crippen LogP contribution in [0.2, 0.25) is 0 Å². The summed E-state index contributed by atoms with van der Waals surface area (Å²) < 4.78 is 2.32. The van der Waals surface area contributed by atoms with Crippen LogP contribution in [-0.4, -0.2) is 20.5 Å². The molecule has 5 heteroatoms. The van der Waals surface area contributed by atoms with Crippen molar-refractivity contribution < 1.29 is 9.90 Å². The van der Waals surface area contributed by atoms with Gasteiger partial charge in [-0.15, -0.1) is 0 Å². The number of fused-ring (bicyclic) bond motifs is 1. The second-order valence-corrected chi connectivity index (χ2v) is 3.86. The van der Waals surface area contributed by atoms with Crippen LogP contribution < -0.4 is 0 Å². The van der Waals surface area contributed by atoms with E-state index in [4.69, 9.17) is 5.11 Å². The molecule has 0 unspecified atom stereocenters. The van der Waals surface area contributed by atoms with Crippen LogP contribution >= 0.6 is 15.9 Å². The van der Waals surface area contributed by atoms with Crippen molar-refractivity contribution in [3.63, 3.8) is 0 Å². The van der Waals surface area contributed by atoms with E-state index in [0.29, 0.717) is 5.65 Å². The Morgan fingerprint density at radius 2 is 2.33 bits per heavy atom. The van der Waals surface area contributed by atoms with Crippen molar-refractivity contribution in [2.45, 2.75) is 13.3 Å². The first kappa shape index (κ1) is 10.2. The van der Waals surface area contributed by atoms with Gasteiger partial charge in [-0.2, -0.15) is 0 Å². The van der Waals surface area contributed by atoms with Gasteiger partial charge < -0.3 is 5.11 Å². The minimum absolute atomic E-state index is 0.214. The van der Waals surface area contributed by atoms with Gasteiger partial charge in [-0.05, 0) is 34.5 Å². The maximum Gasteiger partial charge on any atom is 0.352 e. The number of aryl methyl sites for hydroxylation is 1. The second-order valence-electron chi connectivity index (χ2n) is 3.11. The van der Waals surface area contributed by atoms with Gasteiger partial charge in [0.05, 0.1) is 5.69 Å². The van der Waals surface area contributed by atoms with Gasteiger partial charge in [-0.3, -0.25) is 4.40 Å². The highest BCUT2D eigenvalue weighted by Crippen LogP contribution is 2.21. The summed E-state index contributed by atoms with van der Waals surface area (Å²) in [6, 6.07) is 5.04. The van der Waals surface area contributed by atoms with Gasteiger partial charge in [0.25, 0.3) is 0 Å². The fourth-order valence-corrected chi connectivity index (χ4v) is 2.24. The number of halogens is 1. The van der Waals surface area contributed by atoms with Gasteiger partial charge in [-0.25, -0.2) is 9.78 Å². The number of carbonyl (C=O) groups is 1. The fraction of sp³-hybridized carbons (Fsp3) is 0.200. The summed E-state index contributed by atoms with van der Waals surface area (Å²) in [6.45, 7) is 1.98. The summed E-state index contributed by atoms with van der Waals surface area (Å²) in [5.74, 6) is -0.957. The molecule has 0 amide bonds. The Kier molecular flexibility index (Phi) is 2.48. The van der Waals surface area contributed by atoms with Crippen molar-refractivity contribution in [1.82, 2.24) is 9.38 Å². The van der Waals surface area contributed by atoms with E-state index >= 15 is 0 Å². The molecule has 0 aromatic carbocycles. The molecule has 0 spiro atoms. The Morgan fingerprint density at radius 3 is 2.93 bits per heavy atom. The molecule has 2 heterocycles. The molecule has 4 nitrogen and oxygen atoms in total. The highest BCUT2D eigenvalue weighted by molar-refractivity contribution is 9.10. The Bertz CT molecular complexity index is 533. The quantitative estimate of drug-likeness (QED) is 0.910. The minimum Gasteiger partial charge on any atom is -0.477 e. The van der Waals surface area contributed by atoms with Crippen molar-refractivity contribution in [2.75, 3.05) is 0 Å². The van der Waals surface area contributed by atoms with Crippen LogP contribution in [0.25, 0.3) is 5.65 Å². The van der Waals surface area contributed by atoms with Crippen LogP contribution in [-0.2, 0) is 6.42 Å². The molecule has 1 N–H and O–H groups in total. The van der Waals surface area contributed by atoms with Gasteiger partial charge in [0.15, 0.2) is 0 Å². The highest BCUT2D eigenvalue weighted by atomic mass is 79.9. The maximum absolute atomic E-state index is 11.0. The number of carboxylic acids is 1.